The number of benzene rings is 2. The lowest BCUT2D eigenvalue weighted by molar-refractivity contribution is -0.148. The molecule has 0 bridgehead atoms. The predicted octanol–water partition coefficient (Wildman–Crippen LogP) is 3.75. The summed E-state index contributed by atoms with van der Waals surface area (Å²) < 4.78 is 10.1. The summed E-state index contributed by atoms with van der Waals surface area (Å²) in [4.78, 5) is 35.6. The average molecular weight is 439 g/mol. The van der Waals surface area contributed by atoms with Gasteiger partial charge in [-0.25, -0.2) is 0 Å². The van der Waals surface area contributed by atoms with Crippen LogP contribution in [0.5, 0.6) is 5.75 Å². The predicted molar refractivity (Wildman–Crippen MR) is 110 cm³/mol. The van der Waals surface area contributed by atoms with Crippen LogP contribution >= 0.6 is 23.2 Å². The molecule has 0 radical (unpaired) electrons. The number of hydrogen-bond donors (Lipinski definition) is 2. The Labute approximate surface area is 178 Å². The Bertz CT molecular complexity index is 887. The number of halogens is 2. The summed E-state index contributed by atoms with van der Waals surface area (Å²) >= 11 is 11.9. The van der Waals surface area contributed by atoms with Gasteiger partial charge in [0.1, 0.15) is 5.75 Å². The standard InChI is InChI=1S/C20H20Cl2N2O5/c1-12(25)23-17(13-3-5-14(21)6-4-13)10-20(27)29-11-19(26)24-15-7-8-18(28-2)16(22)9-15/h3-9,17H,10-11H2,1-2H3,(H,23,25)(H,24,26). The summed E-state index contributed by atoms with van der Waals surface area (Å²) in [6.07, 6.45) is -0.136. The highest BCUT2D eigenvalue weighted by Crippen LogP contribution is 2.27. The molecular weight excluding hydrogens is 419 g/mol. The van der Waals surface area contributed by atoms with E-state index < -0.39 is 24.5 Å². The van der Waals surface area contributed by atoms with Crippen molar-refractivity contribution < 1.29 is 23.9 Å². The molecule has 0 aromatic heterocycles. The van der Waals surface area contributed by atoms with Crippen LogP contribution in [0.2, 0.25) is 10.0 Å². The number of methoxy groups -OCH3 is 1. The smallest absolute Gasteiger partial charge is 0.308 e. The summed E-state index contributed by atoms with van der Waals surface area (Å²) in [6, 6.07) is 10.9. The third-order valence-corrected chi connectivity index (χ3v) is 4.37. The van der Waals surface area contributed by atoms with Crippen molar-refractivity contribution in [2.75, 3.05) is 19.0 Å². The van der Waals surface area contributed by atoms with Crippen LogP contribution in [-0.2, 0) is 19.1 Å². The van der Waals surface area contributed by atoms with E-state index in [4.69, 9.17) is 32.7 Å². The van der Waals surface area contributed by atoms with Gasteiger partial charge in [-0.3, -0.25) is 14.4 Å². The number of hydrogen-bond acceptors (Lipinski definition) is 5. The molecule has 29 heavy (non-hydrogen) atoms. The summed E-state index contributed by atoms with van der Waals surface area (Å²) in [5, 5.41) is 6.13. The van der Waals surface area contributed by atoms with Gasteiger partial charge in [0.15, 0.2) is 6.61 Å². The number of esters is 1. The first kappa shape index (κ1) is 22.5. The van der Waals surface area contributed by atoms with Crippen LogP contribution < -0.4 is 15.4 Å². The maximum Gasteiger partial charge on any atom is 0.308 e. The van der Waals surface area contributed by atoms with Crippen LogP contribution in [0.15, 0.2) is 42.5 Å². The van der Waals surface area contributed by atoms with Crippen LogP contribution in [0.25, 0.3) is 0 Å². The van der Waals surface area contributed by atoms with Gasteiger partial charge in [0.25, 0.3) is 5.91 Å². The molecule has 154 valence electrons. The lowest BCUT2D eigenvalue weighted by atomic mass is 10.0. The zero-order chi connectivity index (χ0) is 21.4. The number of amides is 2. The quantitative estimate of drug-likeness (QED) is 0.612. The first-order valence-electron chi connectivity index (χ1n) is 8.60. The van der Waals surface area contributed by atoms with E-state index >= 15 is 0 Å². The minimum Gasteiger partial charge on any atom is -0.495 e. The van der Waals surface area contributed by atoms with Crippen LogP contribution in [0.4, 0.5) is 5.69 Å². The fourth-order valence-electron chi connectivity index (χ4n) is 2.51. The second-order valence-electron chi connectivity index (χ2n) is 6.07. The van der Waals surface area contributed by atoms with E-state index in [2.05, 4.69) is 10.6 Å². The van der Waals surface area contributed by atoms with Gasteiger partial charge < -0.3 is 20.1 Å². The van der Waals surface area contributed by atoms with Gasteiger partial charge in [0.2, 0.25) is 5.91 Å². The Morgan fingerprint density at radius 3 is 2.34 bits per heavy atom. The highest BCUT2D eigenvalue weighted by molar-refractivity contribution is 6.32. The van der Waals surface area contributed by atoms with Crippen molar-refractivity contribution in [3.05, 3.63) is 58.1 Å². The van der Waals surface area contributed by atoms with Crippen LogP contribution in [-0.4, -0.2) is 31.5 Å². The number of ether oxygens (including phenoxy) is 2. The summed E-state index contributed by atoms with van der Waals surface area (Å²) in [5.74, 6) is -0.988. The van der Waals surface area contributed by atoms with E-state index in [-0.39, 0.29) is 12.3 Å². The van der Waals surface area contributed by atoms with Crippen molar-refractivity contribution in [2.45, 2.75) is 19.4 Å². The van der Waals surface area contributed by atoms with Crippen LogP contribution in [0, 0.1) is 0 Å². The molecule has 0 aliphatic rings. The van der Waals surface area contributed by atoms with Crippen molar-refractivity contribution in [1.82, 2.24) is 5.32 Å². The second kappa shape index (κ2) is 10.7. The molecule has 1 atom stereocenters. The number of carbonyl (C=O) groups excluding carboxylic acids is 3. The molecule has 0 spiro atoms. The van der Waals surface area contributed by atoms with Crippen molar-refractivity contribution in [3.63, 3.8) is 0 Å². The highest BCUT2D eigenvalue weighted by Gasteiger charge is 2.19. The van der Waals surface area contributed by atoms with Crippen LogP contribution in [0.1, 0.15) is 24.9 Å². The number of carbonyl (C=O) groups is 3. The van der Waals surface area contributed by atoms with Crippen molar-refractivity contribution in [3.8, 4) is 5.75 Å². The molecule has 0 aliphatic heterocycles. The van der Waals surface area contributed by atoms with E-state index in [1.165, 1.54) is 20.1 Å². The molecular formula is C20H20Cl2N2O5. The van der Waals surface area contributed by atoms with E-state index in [0.717, 1.165) is 0 Å². The fraction of sp³-hybridized carbons (Fsp3) is 0.250. The van der Waals surface area contributed by atoms with Crippen molar-refractivity contribution in [1.29, 1.82) is 0 Å². The maximum atomic E-state index is 12.2. The molecule has 1 unspecified atom stereocenters. The van der Waals surface area contributed by atoms with Gasteiger partial charge in [0.05, 0.1) is 24.6 Å². The third-order valence-electron chi connectivity index (χ3n) is 3.82. The molecule has 0 fully saturated rings. The minimum atomic E-state index is -0.637. The Balaban J connectivity index is 1.90. The molecule has 2 amide bonds. The summed E-state index contributed by atoms with van der Waals surface area (Å²) in [7, 11) is 1.48. The maximum absolute atomic E-state index is 12.2. The Kier molecular flexibility index (Phi) is 8.30. The molecule has 9 heteroatoms. The Morgan fingerprint density at radius 2 is 1.76 bits per heavy atom. The van der Waals surface area contributed by atoms with Gasteiger partial charge in [-0.15, -0.1) is 0 Å². The van der Waals surface area contributed by atoms with E-state index in [9.17, 15) is 14.4 Å². The molecule has 2 N–H and O–H groups in total. The topological polar surface area (TPSA) is 93.7 Å². The lowest BCUT2D eigenvalue weighted by Gasteiger charge is -2.17. The SMILES string of the molecule is COc1ccc(NC(=O)COC(=O)CC(NC(C)=O)c2ccc(Cl)cc2)cc1Cl. The molecule has 2 rings (SSSR count). The van der Waals surface area contributed by atoms with Crippen molar-refractivity contribution in [2.24, 2.45) is 0 Å². The van der Waals surface area contributed by atoms with E-state index in [0.29, 0.717) is 27.0 Å². The fourth-order valence-corrected chi connectivity index (χ4v) is 2.89. The van der Waals surface area contributed by atoms with Crippen LogP contribution in [0.3, 0.4) is 0 Å². The van der Waals surface area contributed by atoms with Gasteiger partial charge in [0, 0.05) is 17.6 Å². The number of nitrogens with one attached hydrogen (secondary N) is 2. The Morgan fingerprint density at radius 1 is 1.07 bits per heavy atom. The number of rotatable bonds is 8. The molecule has 0 saturated heterocycles. The summed E-state index contributed by atoms with van der Waals surface area (Å²) in [6.45, 7) is 0.873. The molecule has 0 aliphatic carbocycles. The van der Waals surface area contributed by atoms with Crippen molar-refractivity contribution >= 4 is 46.7 Å². The minimum absolute atomic E-state index is 0.136. The molecule has 0 saturated carbocycles. The van der Waals surface area contributed by atoms with E-state index in [1.807, 2.05) is 0 Å². The zero-order valence-electron chi connectivity index (χ0n) is 15.8. The van der Waals surface area contributed by atoms with Gasteiger partial charge in [-0.2, -0.15) is 0 Å². The average Bonchev–Trinajstić information content (AvgIpc) is 2.66. The molecule has 2 aromatic carbocycles. The van der Waals surface area contributed by atoms with Gasteiger partial charge in [-0.1, -0.05) is 35.3 Å². The first-order valence-corrected chi connectivity index (χ1v) is 9.35. The third kappa shape index (κ3) is 7.29. The second-order valence-corrected chi connectivity index (χ2v) is 6.91. The highest BCUT2D eigenvalue weighted by atomic mass is 35.5. The van der Waals surface area contributed by atoms with E-state index in [1.54, 1.807) is 36.4 Å². The summed E-state index contributed by atoms with van der Waals surface area (Å²) in [5.41, 5.74) is 1.13. The van der Waals surface area contributed by atoms with Gasteiger partial charge in [-0.05, 0) is 35.9 Å². The largest absolute Gasteiger partial charge is 0.495 e. The molecule has 7 nitrogen and oxygen atoms in total. The number of anilines is 1. The van der Waals surface area contributed by atoms with Gasteiger partial charge >= 0.3 is 5.97 Å². The molecule has 0 heterocycles. The first-order chi connectivity index (χ1) is 13.8. The molecule has 2 aromatic rings. The monoisotopic (exact) mass is 438 g/mol. The normalized spacial score (nSPS) is 11.3. The Hall–Kier alpha value is -2.77. The zero-order valence-corrected chi connectivity index (χ0v) is 17.3. The lowest BCUT2D eigenvalue weighted by Crippen LogP contribution is -2.29.